The van der Waals surface area contributed by atoms with Gasteiger partial charge in [0.1, 0.15) is 0 Å². The fraction of sp³-hybridized carbons (Fsp3) is 0.200. The van der Waals surface area contributed by atoms with Crippen molar-refractivity contribution in [2.45, 2.75) is 32.9 Å². The highest BCUT2D eigenvalue weighted by Crippen LogP contribution is 2.29. The van der Waals surface area contributed by atoms with E-state index in [1.54, 1.807) is 6.92 Å². The number of aromatic nitrogens is 4. The van der Waals surface area contributed by atoms with Crippen LogP contribution in [0.25, 0.3) is 17.1 Å². The highest BCUT2D eigenvalue weighted by Gasteiger charge is 2.22. The lowest BCUT2D eigenvalue weighted by Gasteiger charge is -2.10. The Morgan fingerprint density at radius 1 is 0.969 bits per heavy atom. The average Bonchev–Trinajstić information content (AvgIpc) is 3.33. The van der Waals surface area contributed by atoms with Gasteiger partial charge in [-0.15, -0.1) is 10.2 Å². The Balaban J connectivity index is 1.67. The summed E-state index contributed by atoms with van der Waals surface area (Å²) < 4.78 is 1.97. The van der Waals surface area contributed by atoms with Crippen molar-refractivity contribution in [2.24, 2.45) is 0 Å². The molecule has 0 unspecified atom stereocenters. The summed E-state index contributed by atoms with van der Waals surface area (Å²) in [6.07, 6.45) is 0. The highest BCUT2D eigenvalue weighted by atomic mass is 32.2. The highest BCUT2D eigenvalue weighted by molar-refractivity contribution is 7.99. The molecule has 0 aliphatic heterocycles. The Hall–Kier alpha value is -3.45. The monoisotopic (exact) mass is 444 g/mol. The maximum atomic E-state index is 13.0. The molecule has 0 radical (unpaired) electrons. The van der Waals surface area contributed by atoms with Gasteiger partial charge in [0.15, 0.2) is 22.5 Å². The number of Topliss-reactive ketones (excluding diaryl/α,β-unsaturated/α-hetero) is 2. The molecule has 4 aromatic rings. The Labute approximate surface area is 191 Å². The molecule has 0 aliphatic carbocycles. The van der Waals surface area contributed by atoms with Gasteiger partial charge in [-0.2, -0.15) is 0 Å². The second-order valence-electron chi connectivity index (χ2n) is 7.74. The molecule has 0 spiro atoms. The number of nitrogens with zero attached hydrogens (tertiary/aromatic N) is 3. The van der Waals surface area contributed by atoms with E-state index in [0.29, 0.717) is 22.0 Å². The third-order valence-electron chi connectivity index (χ3n) is 5.36. The van der Waals surface area contributed by atoms with Crippen LogP contribution in [0.2, 0.25) is 0 Å². The molecule has 0 atom stereocenters. The van der Waals surface area contributed by atoms with Crippen molar-refractivity contribution in [3.05, 3.63) is 82.7 Å². The zero-order chi connectivity index (χ0) is 22.8. The largest absolute Gasteiger partial charge is 0.355 e. The minimum absolute atomic E-state index is 0.0467. The summed E-state index contributed by atoms with van der Waals surface area (Å²) in [5.74, 6) is 0.768. The molecule has 7 heteroatoms. The summed E-state index contributed by atoms with van der Waals surface area (Å²) in [6, 6.07) is 18.0. The average molecular weight is 445 g/mol. The molecule has 6 nitrogen and oxygen atoms in total. The summed E-state index contributed by atoms with van der Waals surface area (Å²) in [5, 5.41) is 9.45. The molecule has 0 saturated carbocycles. The van der Waals surface area contributed by atoms with Crippen LogP contribution >= 0.6 is 11.8 Å². The van der Waals surface area contributed by atoms with E-state index in [9.17, 15) is 9.59 Å². The molecule has 2 heterocycles. The van der Waals surface area contributed by atoms with E-state index in [1.165, 1.54) is 18.7 Å². The Morgan fingerprint density at radius 2 is 1.66 bits per heavy atom. The van der Waals surface area contributed by atoms with E-state index in [-0.39, 0.29) is 17.3 Å². The number of aryl methyl sites for hydroxylation is 2. The van der Waals surface area contributed by atoms with Crippen molar-refractivity contribution >= 4 is 23.3 Å². The minimum atomic E-state index is -0.0807. The van der Waals surface area contributed by atoms with Crippen LogP contribution in [0.5, 0.6) is 0 Å². The quantitative estimate of drug-likeness (QED) is 0.306. The molecule has 0 saturated heterocycles. The van der Waals surface area contributed by atoms with Crippen molar-refractivity contribution < 1.29 is 9.59 Å². The summed E-state index contributed by atoms with van der Waals surface area (Å²) in [7, 11) is 0. The van der Waals surface area contributed by atoms with Crippen LogP contribution in [0.3, 0.4) is 0 Å². The topological polar surface area (TPSA) is 80.6 Å². The second kappa shape index (κ2) is 8.96. The van der Waals surface area contributed by atoms with Gasteiger partial charge in [-0.3, -0.25) is 14.2 Å². The number of carbonyl (C=O) groups excluding carboxylic acids is 2. The zero-order valence-electron chi connectivity index (χ0n) is 18.5. The fourth-order valence-electron chi connectivity index (χ4n) is 3.82. The Bertz CT molecular complexity index is 1290. The molecule has 2 aromatic carbocycles. The molecule has 0 bridgehead atoms. The minimum Gasteiger partial charge on any atom is -0.355 e. The second-order valence-corrected chi connectivity index (χ2v) is 8.68. The first-order valence-electron chi connectivity index (χ1n) is 10.3. The van der Waals surface area contributed by atoms with E-state index < -0.39 is 0 Å². The van der Waals surface area contributed by atoms with Crippen LogP contribution in [0.1, 0.15) is 44.6 Å². The van der Waals surface area contributed by atoms with Crippen molar-refractivity contribution in [3.8, 4) is 17.1 Å². The van der Waals surface area contributed by atoms with Gasteiger partial charge >= 0.3 is 0 Å². The van der Waals surface area contributed by atoms with Crippen LogP contribution in [-0.2, 0) is 0 Å². The third-order valence-corrected chi connectivity index (χ3v) is 6.29. The van der Waals surface area contributed by atoms with Gasteiger partial charge < -0.3 is 4.98 Å². The van der Waals surface area contributed by atoms with Crippen molar-refractivity contribution in [1.82, 2.24) is 19.7 Å². The lowest BCUT2D eigenvalue weighted by molar-refractivity contribution is 0.101. The van der Waals surface area contributed by atoms with Gasteiger partial charge in [0.2, 0.25) is 0 Å². The van der Waals surface area contributed by atoms with Crippen LogP contribution in [0.15, 0.2) is 59.8 Å². The molecule has 2 aromatic heterocycles. The number of hydrogen-bond acceptors (Lipinski definition) is 5. The smallest absolute Gasteiger partial charge is 0.196 e. The lowest BCUT2D eigenvalue weighted by Crippen LogP contribution is -2.07. The van der Waals surface area contributed by atoms with Gasteiger partial charge in [-0.25, -0.2) is 0 Å². The van der Waals surface area contributed by atoms with Crippen molar-refractivity contribution in [3.63, 3.8) is 0 Å². The summed E-state index contributed by atoms with van der Waals surface area (Å²) in [6.45, 7) is 7.17. The molecule has 162 valence electrons. The summed E-state index contributed by atoms with van der Waals surface area (Å²) in [4.78, 5) is 28.0. The fourth-order valence-corrected chi connectivity index (χ4v) is 4.65. The molecule has 4 rings (SSSR count). The predicted octanol–water partition coefficient (Wildman–Crippen LogP) is 5.37. The summed E-state index contributed by atoms with van der Waals surface area (Å²) in [5.41, 5.74) is 5.52. The number of nitrogens with one attached hydrogen (secondary N) is 1. The first-order chi connectivity index (χ1) is 15.4. The van der Waals surface area contributed by atoms with Crippen molar-refractivity contribution in [2.75, 3.05) is 5.75 Å². The van der Waals surface area contributed by atoms with E-state index in [2.05, 4.69) is 15.2 Å². The van der Waals surface area contributed by atoms with E-state index in [1.807, 2.05) is 73.0 Å². The Kier molecular flexibility index (Phi) is 6.10. The first kappa shape index (κ1) is 21.8. The molecule has 0 fully saturated rings. The first-order valence-corrected chi connectivity index (χ1v) is 11.3. The van der Waals surface area contributed by atoms with Crippen LogP contribution < -0.4 is 0 Å². The SMILES string of the molecule is CC(=O)c1c(C)[nH]c(C(=O)CSc2nnc(-c3ccccc3)n2-c2ccc(C)cc2)c1C. The van der Waals surface area contributed by atoms with Crippen LogP contribution in [0.4, 0.5) is 0 Å². The normalized spacial score (nSPS) is 11.0. The Morgan fingerprint density at radius 3 is 2.28 bits per heavy atom. The molecule has 0 amide bonds. The van der Waals surface area contributed by atoms with E-state index in [4.69, 9.17) is 0 Å². The van der Waals surface area contributed by atoms with Crippen LogP contribution in [-0.4, -0.2) is 37.1 Å². The molecule has 32 heavy (non-hydrogen) atoms. The molecular weight excluding hydrogens is 420 g/mol. The van der Waals surface area contributed by atoms with E-state index in [0.717, 1.165) is 28.3 Å². The number of aromatic amines is 1. The van der Waals surface area contributed by atoms with E-state index >= 15 is 0 Å². The maximum absolute atomic E-state index is 13.0. The van der Waals surface area contributed by atoms with Crippen LogP contribution in [0, 0.1) is 20.8 Å². The number of benzene rings is 2. The number of ketones is 2. The number of rotatable bonds is 7. The lowest BCUT2D eigenvalue weighted by atomic mass is 10.1. The zero-order valence-corrected chi connectivity index (χ0v) is 19.3. The third kappa shape index (κ3) is 4.16. The van der Waals surface area contributed by atoms with Gasteiger partial charge in [0, 0.05) is 22.5 Å². The van der Waals surface area contributed by atoms with Gasteiger partial charge in [-0.05, 0) is 45.4 Å². The number of carbonyl (C=O) groups is 2. The van der Waals surface area contributed by atoms with Gasteiger partial charge in [0.25, 0.3) is 0 Å². The maximum Gasteiger partial charge on any atom is 0.196 e. The van der Waals surface area contributed by atoms with Gasteiger partial charge in [-0.1, -0.05) is 59.8 Å². The number of thioether (sulfide) groups is 1. The molecule has 0 aliphatic rings. The summed E-state index contributed by atoms with van der Waals surface area (Å²) >= 11 is 1.33. The van der Waals surface area contributed by atoms with Crippen molar-refractivity contribution in [1.29, 1.82) is 0 Å². The molecule has 1 N–H and O–H groups in total. The predicted molar refractivity (Wildman–Crippen MR) is 127 cm³/mol. The molecular formula is C25H24N4O2S. The standard InChI is InChI=1S/C25H24N4O2S/c1-15-10-12-20(13-11-15)29-24(19-8-6-5-7-9-19)27-28-25(29)32-14-21(31)23-16(2)22(18(4)30)17(3)26-23/h5-13,26H,14H2,1-4H3. The van der Waals surface area contributed by atoms with Gasteiger partial charge in [0.05, 0.1) is 11.4 Å². The number of hydrogen-bond donors (Lipinski definition) is 1. The number of H-pyrrole nitrogens is 1.